The first-order valence-corrected chi connectivity index (χ1v) is 6.99. The Hall–Kier alpha value is -1.50. The number of benzene rings is 1. The molecule has 1 aromatic carbocycles. The molecule has 19 heavy (non-hydrogen) atoms. The van der Waals surface area contributed by atoms with E-state index in [4.69, 9.17) is 15.2 Å². The maximum absolute atomic E-state index is 5.81. The van der Waals surface area contributed by atoms with Crippen LogP contribution < -0.4 is 15.2 Å². The molecule has 1 heterocycles. The van der Waals surface area contributed by atoms with Crippen LogP contribution in [0.4, 0.5) is 5.69 Å². The number of hydrogen-bond acceptors (Lipinski definition) is 4. The summed E-state index contributed by atoms with van der Waals surface area (Å²) in [4.78, 5) is 4.27. The molecule has 0 saturated carbocycles. The van der Waals surface area contributed by atoms with Gasteiger partial charge in [0.25, 0.3) is 0 Å². The monoisotopic (exact) mass is 370 g/mol. The van der Waals surface area contributed by atoms with Crippen molar-refractivity contribution in [2.45, 2.75) is 20.0 Å². The number of aromatic nitrogens is 1. The average molecular weight is 370 g/mol. The van der Waals surface area contributed by atoms with E-state index in [2.05, 4.69) is 27.6 Å². The van der Waals surface area contributed by atoms with Gasteiger partial charge in [-0.15, -0.1) is 0 Å². The van der Waals surface area contributed by atoms with Gasteiger partial charge in [0, 0.05) is 9.64 Å². The van der Waals surface area contributed by atoms with Crippen molar-refractivity contribution in [1.29, 1.82) is 0 Å². The molecular formula is C14H15IN2O2. The SMILES string of the molecule is CC(C)Oc1nc(Oc2cccc(I)c2)ccc1N. The number of pyridine rings is 1. The van der Waals surface area contributed by atoms with Gasteiger partial charge in [-0.2, -0.15) is 4.98 Å². The summed E-state index contributed by atoms with van der Waals surface area (Å²) in [5, 5.41) is 0. The highest BCUT2D eigenvalue weighted by Crippen LogP contribution is 2.27. The Balaban J connectivity index is 2.21. The minimum Gasteiger partial charge on any atom is -0.473 e. The molecule has 0 aliphatic heterocycles. The molecule has 0 bridgehead atoms. The third kappa shape index (κ3) is 3.99. The zero-order chi connectivity index (χ0) is 13.8. The van der Waals surface area contributed by atoms with E-state index in [-0.39, 0.29) is 6.10 Å². The van der Waals surface area contributed by atoms with Crippen LogP contribution in [-0.2, 0) is 0 Å². The van der Waals surface area contributed by atoms with Crippen molar-refractivity contribution >= 4 is 28.3 Å². The molecule has 2 aromatic rings. The average Bonchev–Trinajstić information content (AvgIpc) is 2.33. The first kappa shape index (κ1) is 13.9. The third-order valence-electron chi connectivity index (χ3n) is 2.23. The van der Waals surface area contributed by atoms with E-state index < -0.39 is 0 Å². The molecule has 4 nitrogen and oxygen atoms in total. The molecule has 0 aliphatic carbocycles. The predicted octanol–water partition coefficient (Wildman–Crippen LogP) is 3.85. The Morgan fingerprint density at radius 3 is 2.68 bits per heavy atom. The molecule has 100 valence electrons. The highest BCUT2D eigenvalue weighted by atomic mass is 127. The Kier molecular flexibility index (Phi) is 4.47. The molecule has 0 aliphatic rings. The summed E-state index contributed by atoms with van der Waals surface area (Å²) < 4.78 is 12.3. The van der Waals surface area contributed by atoms with E-state index in [0.717, 1.165) is 9.32 Å². The van der Waals surface area contributed by atoms with Gasteiger partial charge in [0.2, 0.25) is 11.8 Å². The van der Waals surface area contributed by atoms with Crippen molar-refractivity contribution in [2.75, 3.05) is 5.73 Å². The molecule has 2 rings (SSSR count). The molecule has 1 aromatic heterocycles. The molecular weight excluding hydrogens is 355 g/mol. The number of hydrogen-bond donors (Lipinski definition) is 1. The first-order chi connectivity index (χ1) is 9.04. The summed E-state index contributed by atoms with van der Waals surface area (Å²) >= 11 is 2.23. The summed E-state index contributed by atoms with van der Waals surface area (Å²) in [6, 6.07) is 11.2. The Morgan fingerprint density at radius 1 is 1.21 bits per heavy atom. The molecule has 2 N–H and O–H groups in total. The van der Waals surface area contributed by atoms with Gasteiger partial charge in [-0.1, -0.05) is 6.07 Å². The molecule has 0 saturated heterocycles. The first-order valence-electron chi connectivity index (χ1n) is 5.91. The zero-order valence-electron chi connectivity index (χ0n) is 10.8. The smallest absolute Gasteiger partial charge is 0.240 e. The highest BCUT2D eigenvalue weighted by Gasteiger charge is 2.08. The fourth-order valence-electron chi connectivity index (χ4n) is 1.46. The number of nitrogens with zero attached hydrogens (tertiary/aromatic N) is 1. The number of nitrogens with two attached hydrogens (primary N) is 1. The summed E-state index contributed by atoms with van der Waals surface area (Å²) in [5.74, 6) is 1.60. The van der Waals surface area contributed by atoms with Gasteiger partial charge >= 0.3 is 0 Å². The number of anilines is 1. The van der Waals surface area contributed by atoms with Crippen molar-refractivity contribution in [2.24, 2.45) is 0 Å². The number of rotatable bonds is 4. The van der Waals surface area contributed by atoms with Gasteiger partial charge in [0.15, 0.2) is 0 Å². The lowest BCUT2D eigenvalue weighted by molar-refractivity contribution is 0.232. The van der Waals surface area contributed by atoms with E-state index in [1.165, 1.54) is 0 Å². The van der Waals surface area contributed by atoms with E-state index in [1.807, 2.05) is 38.1 Å². The summed E-state index contributed by atoms with van der Waals surface area (Å²) in [6.07, 6.45) is 0.0164. The Labute approximate surface area is 126 Å². The minimum absolute atomic E-state index is 0.0164. The summed E-state index contributed by atoms with van der Waals surface area (Å²) in [5.41, 5.74) is 6.31. The van der Waals surface area contributed by atoms with Crippen LogP contribution in [0.25, 0.3) is 0 Å². The maximum Gasteiger partial charge on any atom is 0.240 e. The van der Waals surface area contributed by atoms with Crippen LogP contribution in [0.5, 0.6) is 17.5 Å². The van der Waals surface area contributed by atoms with Gasteiger partial charge in [0.1, 0.15) is 5.75 Å². The van der Waals surface area contributed by atoms with E-state index in [9.17, 15) is 0 Å². The van der Waals surface area contributed by atoms with Crippen molar-refractivity contribution in [1.82, 2.24) is 4.98 Å². The minimum atomic E-state index is 0.0164. The summed E-state index contributed by atoms with van der Waals surface area (Å²) in [7, 11) is 0. The second-order valence-electron chi connectivity index (χ2n) is 4.27. The Bertz CT molecular complexity index is 573. The second kappa shape index (κ2) is 6.10. The molecule has 0 radical (unpaired) electrons. The van der Waals surface area contributed by atoms with Crippen LogP contribution in [-0.4, -0.2) is 11.1 Å². The number of nitrogen functional groups attached to an aromatic ring is 1. The highest BCUT2D eigenvalue weighted by molar-refractivity contribution is 14.1. The van der Waals surface area contributed by atoms with E-state index in [0.29, 0.717) is 17.4 Å². The molecule has 0 atom stereocenters. The van der Waals surface area contributed by atoms with Crippen molar-refractivity contribution in [3.05, 3.63) is 40.0 Å². The van der Waals surface area contributed by atoms with Crippen LogP contribution in [0, 0.1) is 3.57 Å². The van der Waals surface area contributed by atoms with Crippen molar-refractivity contribution in [3.63, 3.8) is 0 Å². The van der Waals surface area contributed by atoms with Gasteiger partial charge in [-0.25, -0.2) is 0 Å². The fraction of sp³-hybridized carbons (Fsp3) is 0.214. The topological polar surface area (TPSA) is 57.4 Å². The largest absolute Gasteiger partial charge is 0.473 e. The maximum atomic E-state index is 5.81. The van der Waals surface area contributed by atoms with Gasteiger partial charge in [0.05, 0.1) is 11.8 Å². The quantitative estimate of drug-likeness (QED) is 0.831. The van der Waals surface area contributed by atoms with Crippen LogP contribution in [0.3, 0.4) is 0 Å². The lowest BCUT2D eigenvalue weighted by Crippen LogP contribution is -2.09. The Morgan fingerprint density at radius 2 is 2.00 bits per heavy atom. The molecule has 0 fully saturated rings. The molecule has 0 amide bonds. The van der Waals surface area contributed by atoms with Gasteiger partial charge in [-0.3, -0.25) is 0 Å². The third-order valence-corrected chi connectivity index (χ3v) is 2.90. The summed E-state index contributed by atoms with van der Waals surface area (Å²) in [6.45, 7) is 3.85. The van der Waals surface area contributed by atoms with Crippen LogP contribution >= 0.6 is 22.6 Å². The van der Waals surface area contributed by atoms with Gasteiger partial charge < -0.3 is 15.2 Å². The van der Waals surface area contributed by atoms with Crippen molar-refractivity contribution in [3.8, 4) is 17.5 Å². The predicted molar refractivity (Wildman–Crippen MR) is 83.6 cm³/mol. The van der Waals surface area contributed by atoms with Crippen LogP contribution in [0.15, 0.2) is 36.4 Å². The second-order valence-corrected chi connectivity index (χ2v) is 5.52. The number of halogens is 1. The standard InChI is InChI=1S/C14H15IN2O2/c1-9(2)18-14-12(16)6-7-13(17-14)19-11-5-3-4-10(15)8-11/h3-9H,16H2,1-2H3. The van der Waals surface area contributed by atoms with Crippen LogP contribution in [0.2, 0.25) is 0 Å². The lowest BCUT2D eigenvalue weighted by atomic mass is 10.3. The normalized spacial score (nSPS) is 10.5. The molecule has 5 heteroatoms. The fourth-order valence-corrected chi connectivity index (χ4v) is 1.97. The van der Waals surface area contributed by atoms with E-state index in [1.54, 1.807) is 12.1 Å². The van der Waals surface area contributed by atoms with Gasteiger partial charge in [-0.05, 0) is 60.7 Å². The zero-order valence-corrected chi connectivity index (χ0v) is 12.9. The molecule has 0 unspecified atom stereocenters. The molecule has 0 spiro atoms. The lowest BCUT2D eigenvalue weighted by Gasteiger charge is -2.12. The number of ether oxygens (including phenoxy) is 2. The van der Waals surface area contributed by atoms with E-state index >= 15 is 0 Å². The van der Waals surface area contributed by atoms with Crippen LogP contribution in [0.1, 0.15) is 13.8 Å². The van der Waals surface area contributed by atoms with Crippen molar-refractivity contribution < 1.29 is 9.47 Å².